The van der Waals surface area contributed by atoms with Gasteiger partial charge in [0.1, 0.15) is 17.3 Å². The Morgan fingerprint density at radius 3 is 2.62 bits per heavy atom. The van der Waals surface area contributed by atoms with Crippen LogP contribution in [0.4, 0.5) is 10.1 Å². The molecule has 0 saturated heterocycles. The van der Waals surface area contributed by atoms with Crippen LogP contribution in [0.2, 0.25) is 0 Å². The van der Waals surface area contributed by atoms with Crippen molar-refractivity contribution in [1.29, 1.82) is 0 Å². The molecule has 0 aromatic heterocycles. The molecule has 0 fully saturated rings. The lowest BCUT2D eigenvalue weighted by Gasteiger charge is -2.26. The molecule has 2 rings (SSSR count). The number of halogens is 1. The molecular formula is C15H16FN3O2. The summed E-state index contributed by atoms with van der Waals surface area (Å²) >= 11 is 0. The highest BCUT2D eigenvalue weighted by molar-refractivity contribution is 6.05. The molecular weight excluding hydrogens is 273 g/mol. The molecule has 0 saturated carbocycles. The minimum atomic E-state index is -0.344. The van der Waals surface area contributed by atoms with Gasteiger partial charge in [0.15, 0.2) is 0 Å². The molecule has 1 aromatic carbocycles. The highest BCUT2D eigenvalue weighted by atomic mass is 19.1. The minimum Gasteiger partial charge on any atom is -0.506 e. The van der Waals surface area contributed by atoms with E-state index < -0.39 is 0 Å². The fourth-order valence-corrected chi connectivity index (χ4v) is 1.68. The van der Waals surface area contributed by atoms with Crippen LogP contribution in [0.3, 0.4) is 0 Å². The summed E-state index contributed by atoms with van der Waals surface area (Å²) in [4.78, 5) is 13.5. The zero-order valence-electron chi connectivity index (χ0n) is 11.7. The van der Waals surface area contributed by atoms with Gasteiger partial charge in [-0.25, -0.2) is 4.39 Å². The van der Waals surface area contributed by atoms with Crippen LogP contribution in [0.5, 0.6) is 0 Å². The first kappa shape index (κ1) is 14.6. The molecule has 1 heterocycles. The second-order valence-corrected chi connectivity index (χ2v) is 4.68. The van der Waals surface area contributed by atoms with Gasteiger partial charge in [0.2, 0.25) is 5.78 Å². The number of anilines is 1. The first-order valence-corrected chi connectivity index (χ1v) is 6.29. The summed E-state index contributed by atoms with van der Waals surface area (Å²) in [6, 6.07) is 5.76. The summed E-state index contributed by atoms with van der Waals surface area (Å²) in [7, 11) is 3.60. The third kappa shape index (κ3) is 3.62. The Labute approximate surface area is 122 Å². The number of aliphatic hydroxyl groups excluding tert-OH is 1. The predicted molar refractivity (Wildman–Crippen MR) is 78.6 cm³/mol. The van der Waals surface area contributed by atoms with E-state index >= 15 is 0 Å². The molecule has 0 unspecified atom stereocenters. The molecule has 2 N–H and O–H groups in total. The van der Waals surface area contributed by atoms with E-state index in [4.69, 9.17) is 0 Å². The van der Waals surface area contributed by atoms with E-state index in [0.717, 1.165) is 0 Å². The molecule has 0 spiro atoms. The number of hydrogen-bond acceptors (Lipinski definition) is 5. The number of ketones is 1. The summed E-state index contributed by atoms with van der Waals surface area (Å²) in [6.07, 6.45) is 5.89. The molecule has 0 bridgehead atoms. The van der Waals surface area contributed by atoms with Crippen molar-refractivity contribution in [2.75, 3.05) is 19.1 Å². The Hall–Kier alpha value is -2.76. The lowest BCUT2D eigenvalue weighted by atomic mass is 10.2. The number of carbonyl (C=O) groups is 1. The van der Waals surface area contributed by atoms with Crippen LogP contribution in [-0.4, -0.2) is 29.9 Å². The molecule has 21 heavy (non-hydrogen) atoms. The van der Waals surface area contributed by atoms with Crippen molar-refractivity contribution in [3.05, 3.63) is 66.1 Å². The molecule has 5 nitrogen and oxygen atoms in total. The molecule has 0 atom stereocenters. The Bertz CT molecular complexity index is 618. The topological polar surface area (TPSA) is 55.8 Å². The largest absolute Gasteiger partial charge is 0.506 e. The summed E-state index contributed by atoms with van der Waals surface area (Å²) < 4.78 is 12.9. The summed E-state index contributed by atoms with van der Waals surface area (Å²) in [5.41, 5.74) is 3.49. The van der Waals surface area contributed by atoms with Gasteiger partial charge in [-0.2, -0.15) is 0 Å². The van der Waals surface area contributed by atoms with Gasteiger partial charge >= 0.3 is 0 Å². The molecule has 0 amide bonds. The Morgan fingerprint density at radius 2 is 2.00 bits per heavy atom. The second kappa shape index (κ2) is 6.13. The number of hydrazine groups is 1. The van der Waals surface area contributed by atoms with E-state index in [2.05, 4.69) is 5.43 Å². The summed E-state index contributed by atoms with van der Waals surface area (Å²) in [5.74, 6) is -0.859. The molecule has 1 aliphatic heterocycles. The van der Waals surface area contributed by atoms with Crippen molar-refractivity contribution in [3.63, 3.8) is 0 Å². The van der Waals surface area contributed by atoms with Gasteiger partial charge in [-0.05, 0) is 30.3 Å². The summed E-state index contributed by atoms with van der Waals surface area (Å²) in [6.45, 7) is 0. The SMILES string of the molecule is CN(C)/C=C/C(O)=C1NN(c2ccc(F)cc2)C=CC1=O. The molecule has 1 aliphatic rings. The van der Waals surface area contributed by atoms with E-state index in [1.54, 1.807) is 37.3 Å². The standard InChI is InChI=1S/C15H16FN3O2/c1-18(2)9-7-13(20)15-14(21)8-10-19(17-15)12-5-3-11(16)4-6-12/h3-10,17,20H,1-2H3/b9-7+,15-13?. The maximum atomic E-state index is 12.9. The van der Waals surface area contributed by atoms with Gasteiger partial charge in [-0.1, -0.05) is 0 Å². The minimum absolute atomic E-state index is 0.0555. The molecule has 0 aliphatic carbocycles. The van der Waals surface area contributed by atoms with Gasteiger partial charge in [0.05, 0.1) is 5.69 Å². The smallest absolute Gasteiger partial charge is 0.208 e. The monoisotopic (exact) mass is 289 g/mol. The van der Waals surface area contributed by atoms with E-state index in [1.807, 2.05) is 0 Å². The zero-order valence-corrected chi connectivity index (χ0v) is 11.7. The Kier molecular flexibility index (Phi) is 4.27. The summed E-state index contributed by atoms with van der Waals surface area (Å²) in [5, 5.41) is 11.5. The molecule has 1 aromatic rings. The van der Waals surface area contributed by atoms with Gasteiger partial charge in [-0.3, -0.25) is 15.2 Å². The van der Waals surface area contributed by atoms with Crippen LogP contribution >= 0.6 is 0 Å². The highest BCUT2D eigenvalue weighted by Gasteiger charge is 2.19. The molecule has 6 heteroatoms. The quantitative estimate of drug-likeness (QED) is 0.659. The van der Waals surface area contributed by atoms with E-state index in [-0.39, 0.29) is 23.1 Å². The van der Waals surface area contributed by atoms with E-state index in [1.165, 1.54) is 35.5 Å². The van der Waals surface area contributed by atoms with Crippen LogP contribution in [-0.2, 0) is 4.79 Å². The van der Waals surface area contributed by atoms with E-state index in [0.29, 0.717) is 5.69 Å². The van der Waals surface area contributed by atoms with Crippen LogP contribution in [0, 0.1) is 5.82 Å². The maximum absolute atomic E-state index is 12.9. The van der Waals surface area contributed by atoms with Gasteiger partial charge in [0, 0.05) is 32.6 Å². The van der Waals surface area contributed by atoms with Crippen molar-refractivity contribution in [1.82, 2.24) is 10.3 Å². The maximum Gasteiger partial charge on any atom is 0.208 e. The second-order valence-electron chi connectivity index (χ2n) is 4.68. The number of allylic oxidation sites excluding steroid dienone is 2. The Morgan fingerprint density at radius 1 is 1.33 bits per heavy atom. The highest BCUT2D eigenvalue weighted by Crippen LogP contribution is 2.18. The number of benzene rings is 1. The van der Waals surface area contributed by atoms with Crippen LogP contribution in [0.1, 0.15) is 0 Å². The van der Waals surface area contributed by atoms with Gasteiger partial charge < -0.3 is 10.0 Å². The van der Waals surface area contributed by atoms with Crippen molar-refractivity contribution in [2.45, 2.75) is 0 Å². The van der Waals surface area contributed by atoms with Crippen molar-refractivity contribution in [3.8, 4) is 0 Å². The number of aliphatic hydroxyl groups is 1. The first-order valence-electron chi connectivity index (χ1n) is 6.29. The predicted octanol–water partition coefficient (Wildman–Crippen LogP) is 2.08. The number of rotatable bonds is 3. The Balaban J connectivity index is 2.26. The third-order valence-electron chi connectivity index (χ3n) is 2.75. The fraction of sp³-hybridized carbons (Fsp3) is 0.133. The fourth-order valence-electron chi connectivity index (χ4n) is 1.68. The number of nitrogens with one attached hydrogen (secondary N) is 1. The van der Waals surface area contributed by atoms with Crippen LogP contribution < -0.4 is 10.4 Å². The van der Waals surface area contributed by atoms with Crippen molar-refractivity contribution < 1.29 is 14.3 Å². The number of carbonyl (C=O) groups excluding carboxylic acids is 1. The number of hydrogen-bond donors (Lipinski definition) is 2. The van der Waals surface area contributed by atoms with Crippen LogP contribution in [0.15, 0.2) is 60.3 Å². The van der Waals surface area contributed by atoms with Gasteiger partial charge in [0.25, 0.3) is 0 Å². The van der Waals surface area contributed by atoms with Crippen molar-refractivity contribution in [2.24, 2.45) is 0 Å². The average Bonchev–Trinajstić information content (AvgIpc) is 2.46. The normalized spacial score (nSPS) is 17.1. The molecule has 0 radical (unpaired) electrons. The zero-order chi connectivity index (χ0) is 15.4. The van der Waals surface area contributed by atoms with E-state index in [9.17, 15) is 14.3 Å². The molecule has 110 valence electrons. The first-order chi connectivity index (χ1) is 9.97. The average molecular weight is 289 g/mol. The van der Waals surface area contributed by atoms with Crippen molar-refractivity contribution >= 4 is 11.5 Å². The third-order valence-corrected chi connectivity index (χ3v) is 2.75. The van der Waals surface area contributed by atoms with Gasteiger partial charge in [-0.15, -0.1) is 0 Å². The lowest BCUT2D eigenvalue weighted by Crippen LogP contribution is -2.39. The van der Waals surface area contributed by atoms with Crippen LogP contribution in [0.25, 0.3) is 0 Å². The number of nitrogens with zero attached hydrogens (tertiary/aromatic N) is 2. The lowest BCUT2D eigenvalue weighted by molar-refractivity contribution is -0.112.